The molecule has 0 bridgehead atoms. The minimum absolute atomic E-state index is 0.0544. The zero-order valence-corrected chi connectivity index (χ0v) is 14.6. The third-order valence-corrected chi connectivity index (χ3v) is 4.33. The molecule has 0 radical (unpaired) electrons. The SMILES string of the molecule is CCN1CCN(C(=O)c2ccnc(Nc3ccccc3OC)n2)CC1. The summed E-state index contributed by atoms with van der Waals surface area (Å²) in [4.78, 5) is 25.4. The molecule has 1 N–H and O–H groups in total. The molecule has 1 aliphatic heterocycles. The third-order valence-electron chi connectivity index (χ3n) is 4.33. The Bertz CT molecular complexity index is 729. The molecule has 1 aromatic heterocycles. The van der Waals surface area contributed by atoms with Gasteiger partial charge in [0.15, 0.2) is 0 Å². The lowest BCUT2D eigenvalue weighted by Gasteiger charge is -2.33. The van der Waals surface area contributed by atoms with E-state index in [-0.39, 0.29) is 5.91 Å². The Balaban J connectivity index is 1.72. The first-order chi connectivity index (χ1) is 12.2. The maximum absolute atomic E-state index is 12.7. The topological polar surface area (TPSA) is 70.6 Å². The van der Waals surface area contributed by atoms with Gasteiger partial charge in [0.1, 0.15) is 11.4 Å². The van der Waals surface area contributed by atoms with E-state index in [1.807, 2.05) is 29.2 Å². The Hall–Kier alpha value is -2.67. The van der Waals surface area contributed by atoms with Crippen molar-refractivity contribution in [3.8, 4) is 5.75 Å². The highest BCUT2D eigenvalue weighted by atomic mass is 16.5. The Morgan fingerprint density at radius 2 is 1.96 bits per heavy atom. The van der Waals surface area contributed by atoms with Crippen LogP contribution in [-0.4, -0.2) is 65.5 Å². The zero-order valence-electron chi connectivity index (χ0n) is 14.6. The first-order valence-corrected chi connectivity index (χ1v) is 8.46. The van der Waals surface area contributed by atoms with Crippen LogP contribution in [0.4, 0.5) is 11.6 Å². The number of nitrogens with one attached hydrogen (secondary N) is 1. The van der Waals surface area contributed by atoms with Gasteiger partial charge in [0.2, 0.25) is 5.95 Å². The third kappa shape index (κ3) is 4.06. The highest BCUT2D eigenvalue weighted by molar-refractivity contribution is 5.92. The maximum Gasteiger partial charge on any atom is 0.272 e. The van der Waals surface area contributed by atoms with E-state index < -0.39 is 0 Å². The summed E-state index contributed by atoms with van der Waals surface area (Å²) in [6.45, 7) is 6.41. The molecule has 0 spiro atoms. The van der Waals surface area contributed by atoms with Crippen molar-refractivity contribution in [1.29, 1.82) is 0 Å². The fourth-order valence-corrected chi connectivity index (χ4v) is 2.84. The van der Waals surface area contributed by atoms with E-state index in [0.717, 1.165) is 38.4 Å². The molecule has 3 rings (SSSR count). The number of rotatable bonds is 5. The molecule has 1 saturated heterocycles. The summed E-state index contributed by atoms with van der Waals surface area (Å²) in [7, 11) is 1.61. The number of piperazine rings is 1. The zero-order chi connectivity index (χ0) is 17.6. The van der Waals surface area contributed by atoms with Crippen LogP contribution in [0, 0.1) is 0 Å². The van der Waals surface area contributed by atoms with Crippen molar-refractivity contribution in [3.63, 3.8) is 0 Å². The monoisotopic (exact) mass is 341 g/mol. The van der Waals surface area contributed by atoms with Crippen molar-refractivity contribution in [1.82, 2.24) is 19.8 Å². The lowest BCUT2D eigenvalue weighted by atomic mass is 10.2. The van der Waals surface area contributed by atoms with Gasteiger partial charge in [-0.15, -0.1) is 0 Å². The fraction of sp³-hybridized carbons (Fsp3) is 0.389. The van der Waals surface area contributed by atoms with Crippen molar-refractivity contribution < 1.29 is 9.53 Å². The van der Waals surface area contributed by atoms with Crippen LogP contribution in [0.5, 0.6) is 5.75 Å². The van der Waals surface area contributed by atoms with Crippen LogP contribution >= 0.6 is 0 Å². The second-order valence-corrected chi connectivity index (χ2v) is 5.82. The summed E-state index contributed by atoms with van der Waals surface area (Å²) in [6.07, 6.45) is 1.60. The van der Waals surface area contributed by atoms with Crippen molar-refractivity contribution in [3.05, 3.63) is 42.2 Å². The molecule has 25 heavy (non-hydrogen) atoms. The van der Waals surface area contributed by atoms with Crippen molar-refractivity contribution >= 4 is 17.5 Å². The molecule has 132 valence electrons. The average Bonchev–Trinajstić information content (AvgIpc) is 2.68. The van der Waals surface area contributed by atoms with Crippen molar-refractivity contribution in [2.75, 3.05) is 45.2 Å². The van der Waals surface area contributed by atoms with E-state index in [1.54, 1.807) is 19.4 Å². The Labute approximate surface area is 147 Å². The van der Waals surface area contributed by atoms with Crippen LogP contribution in [0.1, 0.15) is 17.4 Å². The first-order valence-electron chi connectivity index (χ1n) is 8.46. The van der Waals surface area contributed by atoms with Gasteiger partial charge in [0, 0.05) is 32.4 Å². The van der Waals surface area contributed by atoms with Crippen molar-refractivity contribution in [2.45, 2.75) is 6.92 Å². The Kier molecular flexibility index (Phi) is 5.45. The quantitative estimate of drug-likeness (QED) is 0.897. The van der Waals surface area contributed by atoms with Crippen molar-refractivity contribution in [2.24, 2.45) is 0 Å². The van der Waals surface area contributed by atoms with Crippen LogP contribution in [0.15, 0.2) is 36.5 Å². The smallest absolute Gasteiger partial charge is 0.272 e. The molecule has 0 aliphatic carbocycles. The van der Waals surface area contributed by atoms with Gasteiger partial charge in [-0.25, -0.2) is 9.97 Å². The molecule has 1 aromatic carbocycles. The van der Waals surface area contributed by atoms with Crippen LogP contribution < -0.4 is 10.1 Å². The standard InChI is InChI=1S/C18H23N5O2/c1-3-22-10-12-23(13-11-22)17(24)15-8-9-19-18(21-15)20-14-6-4-5-7-16(14)25-2/h4-9H,3,10-13H2,1-2H3,(H,19,20,21). The van der Waals surface area contributed by atoms with Gasteiger partial charge >= 0.3 is 0 Å². The average molecular weight is 341 g/mol. The number of carbonyl (C=O) groups excluding carboxylic acids is 1. The molecule has 7 nitrogen and oxygen atoms in total. The molecule has 1 amide bonds. The molecule has 0 saturated carbocycles. The molecule has 0 unspecified atom stereocenters. The maximum atomic E-state index is 12.7. The molecule has 0 atom stereocenters. The van der Waals surface area contributed by atoms with E-state index in [4.69, 9.17) is 4.74 Å². The fourth-order valence-electron chi connectivity index (χ4n) is 2.84. The largest absolute Gasteiger partial charge is 0.495 e. The van der Waals surface area contributed by atoms with Crippen LogP contribution in [-0.2, 0) is 0 Å². The van der Waals surface area contributed by atoms with Crippen LogP contribution in [0.2, 0.25) is 0 Å². The summed E-state index contributed by atoms with van der Waals surface area (Å²) in [5, 5.41) is 3.11. The highest BCUT2D eigenvalue weighted by Crippen LogP contribution is 2.25. The first kappa shape index (κ1) is 17.2. The number of amides is 1. The number of carbonyl (C=O) groups is 1. The molecule has 1 fully saturated rings. The molecule has 2 heterocycles. The summed E-state index contributed by atoms with van der Waals surface area (Å²) in [6, 6.07) is 9.17. The number of para-hydroxylation sites is 2. The minimum atomic E-state index is -0.0544. The summed E-state index contributed by atoms with van der Waals surface area (Å²) in [5.74, 6) is 1.02. The number of nitrogens with zero attached hydrogens (tertiary/aromatic N) is 4. The number of hydrogen-bond donors (Lipinski definition) is 1. The molecule has 1 aliphatic rings. The van der Waals surface area contributed by atoms with Gasteiger partial charge in [0.05, 0.1) is 12.8 Å². The summed E-state index contributed by atoms with van der Waals surface area (Å²) >= 11 is 0. The van der Waals surface area contributed by atoms with E-state index in [1.165, 1.54) is 0 Å². The van der Waals surface area contributed by atoms with E-state index >= 15 is 0 Å². The number of benzene rings is 1. The predicted octanol–water partition coefficient (Wildman–Crippen LogP) is 2.01. The van der Waals surface area contributed by atoms with Gasteiger partial charge in [0.25, 0.3) is 5.91 Å². The minimum Gasteiger partial charge on any atom is -0.495 e. The Morgan fingerprint density at radius 3 is 2.68 bits per heavy atom. The normalized spacial score (nSPS) is 15.0. The second-order valence-electron chi connectivity index (χ2n) is 5.82. The summed E-state index contributed by atoms with van der Waals surface area (Å²) < 4.78 is 5.31. The van der Waals surface area contributed by atoms with Gasteiger partial charge in [-0.2, -0.15) is 0 Å². The van der Waals surface area contributed by atoms with Gasteiger partial charge in [-0.1, -0.05) is 19.1 Å². The molecule has 2 aromatic rings. The van der Waals surface area contributed by atoms with E-state index in [0.29, 0.717) is 17.4 Å². The van der Waals surface area contributed by atoms with Crippen LogP contribution in [0.3, 0.4) is 0 Å². The highest BCUT2D eigenvalue weighted by Gasteiger charge is 2.22. The number of anilines is 2. The lowest BCUT2D eigenvalue weighted by Crippen LogP contribution is -2.48. The van der Waals surface area contributed by atoms with Crippen LogP contribution in [0.25, 0.3) is 0 Å². The number of aromatic nitrogens is 2. The molecule has 7 heteroatoms. The van der Waals surface area contributed by atoms with Gasteiger partial charge in [-0.3, -0.25) is 4.79 Å². The number of hydrogen-bond acceptors (Lipinski definition) is 6. The number of methoxy groups -OCH3 is 1. The van der Waals surface area contributed by atoms with E-state index in [9.17, 15) is 4.79 Å². The predicted molar refractivity (Wildman–Crippen MR) is 96.3 cm³/mol. The second kappa shape index (κ2) is 7.94. The van der Waals surface area contributed by atoms with Gasteiger partial charge < -0.3 is 19.9 Å². The molecular weight excluding hydrogens is 318 g/mol. The molecular formula is C18H23N5O2. The number of ether oxygens (including phenoxy) is 1. The number of likely N-dealkylation sites (N-methyl/N-ethyl adjacent to an activating group) is 1. The van der Waals surface area contributed by atoms with Gasteiger partial charge in [-0.05, 0) is 24.7 Å². The Morgan fingerprint density at radius 1 is 1.20 bits per heavy atom. The summed E-state index contributed by atoms with van der Waals surface area (Å²) in [5.41, 5.74) is 1.16. The van der Waals surface area contributed by atoms with E-state index in [2.05, 4.69) is 27.1 Å². The lowest BCUT2D eigenvalue weighted by molar-refractivity contribution is 0.0637.